The SMILES string of the molecule is O=C(Cn1ccc2c(=O)[nH]c(NCc3ccccc3F)nc21)Nc1ccncc1Cl. The van der Waals surface area contributed by atoms with Crippen LogP contribution in [0.4, 0.5) is 16.0 Å². The van der Waals surface area contributed by atoms with Crippen molar-refractivity contribution in [3.8, 4) is 0 Å². The summed E-state index contributed by atoms with van der Waals surface area (Å²) >= 11 is 6.01. The summed E-state index contributed by atoms with van der Waals surface area (Å²) in [7, 11) is 0. The number of carbonyl (C=O) groups is 1. The second-order valence-electron chi connectivity index (χ2n) is 6.44. The quantitative estimate of drug-likeness (QED) is 0.439. The number of nitrogens with one attached hydrogen (secondary N) is 3. The number of pyridine rings is 1. The van der Waals surface area contributed by atoms with Crippen molar-refractivity contribution in [2.24, 2.45) is 0 Å². The van der Waals surface area contributed by atoms with Crippen LogP contribution in [0.2, 0.25) is 5.02 Å². The molecular weight excluding hydrogens is 411 g/mol. The zero-order chi connectivity index (χ0) is 21.1. The molecule has 3 heterocycles. The number of carbonyl (C=O) groups excluding carboxylic acids is 1. The van der Waals surface area contributed by atoms with E-state index >= 15 is 0 Å². The molecule has 0 bridgehead atoms. The molecular formula is C20H16ClFN6O2. The van der Waals surface area contributed by atoms with Crippen LogP contribution in [0.5, 0.6) is 0 Å². The van der Waals surface area contributed by atoms with Crippen LogP contribution in [0.3, 0.4) is 0 Å². The Hall–Kier alpha value is -3.72. The number of aromatic nitrogens is 4. The number of amides is 1. The first-order chi connectivity index (χ1) is 14.5. The maximum absolute atomic E-state index is 13.8. The Kier molecular flexibility index (Phi) is 5.44. The van der Waals surface area contributed by atoms with Gasteiger partial charge in [0.05, 0.1) is 16.1 Å². The second-order valence-corrected chi connectivity index (χ2v) is 6.85. The Labute approximate surface area is 174 Å². The second kappa shape index (κ2) is 8.34. The van der Waals surface area contributed by atoms with E-state index in [0.29, 0.717) is 27.3 Å². The summed E-state index contributed by atoms with van der Waals surface area (Å²) in [6.45, 7) is 0.0637. The van der Waals surface area contributed by atoms with Crippen molar-refractivity contribution in [3.63, 3.8) is 0 Å². The lowest BCUT2D eigenvalue weighted by atomic mass is 10.2. The lowest BCUT2D eigenvalue weighted by molar-refractivity contribution is -0.116. The average molecular weight is 427 g/mol. The minimum Gasteiger partial charge on any atom is -0.351 e. The van der Waals surface area contributed by atoms with E-state index < -0.39 is 0 Å². The average Bonchev–Trinajstić information content (AvgIpc) is 3.12. The monoisotopic (exact) mass is 426 g/mol. The van der Waals surface area contributed by atoms with Gasteiger partial charge in [-0.25, -0.2) is 4.39 Å². The van der Waals surface area contributed by atoms with Crippen LogP contribution in [0.15, 0.2) is 59.8 Å². The van der Waals surface area contributed by atoms with E-state index in [-0.39, 0.29) is 36.3 Å². The van der Waals surface area contributed by atoms with E-state index in [2.05, 4.69) is 25.6 Å². The van der Waals surface area contributed by atoms with Gasteiger partial charge in [-0.1, -0.05) is 29.8 Å². The highest BCUT2D eigenvalue weighted by molar-refractivity contribution is 6.33. The zero-order valence-electron chi connectivity index (χ0n) is 15.5. The molecule has 0 unspecified atom stereocenters. The molecule has 0 aliphatic rings. The van der Waals surface area contributed by atoms with Gasteiger partial charge in [0, 0.05) is 30.7 Å². The molecule has 4 rings (SSSR count). The molecule has 3 aromatic heterocycles. The number of rotatable bonds is 6. The number of hydrogen-bond acceptors (Lipinski definition) is 5. The fraction of sp³-hybridized carbons (Fsp3) is 0.100. The smallest absolute Gasteiger partial charge is 0.261 e. The van der Waals surface area contributed by atoms with Crippen molar-refractivity contribution >= 4 is 40.2 Å². The van der Waals surface area contributed by atoms with Crippen LogP contribution in [0.25, 0.3) is 11.0 Å². The van der Waals surface area contributed by atoms with Gasteiger partial charge in [0.2, 0.25) is 11.9 Å². The van der Waals surface area contributed by atoms with Crippen LogP contribution < -0.4 is 16.2 Å². The number of fused-ring (bicyclic) bond motifs is 1. The topological polar surface area (TPSA) is 105 Å². The fourth-order valence-electron chi connectivity index (χ4n) is 2.93. The molecule has 0 atom stereocenters. The summed E-state index contributed by atoms with van der Waals surface area (Å²) in [6.07, 6.45) is 4.54. The summed E-state index contributed by atoms with van der Waals surface area (Å²) in [6, 6.07) is 9.47. The molecule has 8 nitrogen and oxygen atoms in total. The number of benzene rings is 1. The van der Waals surface area contributed by atoms with E-state index in [9.17, 15) is 14.0 Å². The Bertz CT molecular complexity index is 1290. The number of halogens is 2. The number of anilines is 2. The van der Waals surface area contributed by atoms with E-state index in [4.69, 9.17) is 11.6 Å². The Balaban J connectivity index is 1.54. The third kappa shape index (κ3) is 4.15. The summed E-state index contributed by atoms with van der Waals surface area (Å²) in [4.78, 5) is 35.6. The van der Waals surface area contributed by atoms with Gasteiger partial charge in [0.25, 0.3) is 5.56 Å². The normalized spacial score (nSPS) is 10.9. The first-order valence-electron chi connectivity index (χ1n) is 8.97. The van der Waals surface area contributed by atoms with Gasteiger partial charge < -0.3 is 15.2 Å². The fourth-order valence-corrected chi connectivity index (χ4v) is 3.09. The van der Waals surface area contributed by atoms with Crippen molar-refractivity contribution in [2.45, 2.75) is 13.1 Å². The van der Waals surface area contributed by atoms with Gasteiger partial charge in [0.1, 0.15) is 18.0 Å². The highest BCUT2D eigenvalue weighted by atomic mass is 35.5. The van der Waals surface area contributed by atoms with Gasteiger partial charge in [-0.15, -0.1) is 0 Å². The van der Waals surface area contributed by atoms with E-state index in [0.717, 1.165) is 0 Å². The van der Waals surface area contributed by atoms with E-state index in [1.807, 2.05) is 0 Å². The molecule has 0 saturated carbocycles. The van der Waals surface area contributed by atoms with Crippen LogP contribution >= 0.6 is 11.6 Å². The standard InChI is InChI=1S/C20H16ClFN6O2/c21-14-10-23-7-5-16(14)25-17(29)11-28-8-6-13-18(28)26-20(27-19(13)30)24-9-12-3-1-2-4-15(12)22/h1-8,10H,9,11H2,(H,23,25,29)(H2,24,26,27,30). The van der Waals surface area contributed by atoms with Crippen LogP contribution in [0, 0.1) is 5.82 Å². The van der Waals surface area contributed by atoms with Crippen molar-refractivity contribution in [2.75, 3.05) is 10.6 Å². The molecule has 152 valence electrons. The molecule has 0 fully saturated rings. The maximum Gasteiger partial charge on any atom is 0.261 e. The highest BCUT2D eigenvalue weighted by Gasteiger charge is 2.13. The molecule has 0 saturated heterocycles. The summed E-state index contributed by atoms with van der Waals surface area (Å²) < 4.78 is 15.3. The van der Waals surface area contributed by atoms with Gasteiger partial charge in [-0.2, -0.15) is 4.98 Å². The molecule has 10 heteroatoms. The lowest BCUT2D eigenvalue weighted by Crippen LogP contribution is -2.20. The van der Waals surface area contributed by atoms with Gasteiger partial charge >= 0.3 is 0 Å². The minimum absolute atomic E-state index is 0.0780. The first-order valence-corrected chi connectivity index (χ1v) is 9.35. The van der Waals surface area contributed by atoms with E-state index in [1.54, 1.807) is 41.1 Å². The lowest BCUT2D eigenvalue weighted by Gasteiger charge is -2.09. The molecule has 1 aromatic carbocycles. The molecule has 4 aromatic rings. The molecule has 0 aliphatic carbocycles. The van der Waals surface area contributed by atoms with Crippen LogP contribution in [-0.4, -0.2) is 25.4 Å². The zero-order valence-corrected chi connectivity index (χ0v) is 16.3. The van der Waals surface area contributed by atoms with Crippen LogP contribution in [-0.2, 0) is 17.9 Å². The maximum atomic E-state index is 13.8. The molecule has 1 amide bonds. The Morgan fingerprint density at radius 2 is 2.07 bits per heavy atom. The minimum atomic E-state index is -0.368. The highest BCUT2D eigenvalue weighted by Crippen LogP contribution is 2.19. The van der Waals surface area contributed by atoms with E-state index in [1.165, 1.54) is 18.5 Å². The number of hydrogen-bond donors (Lipinski definition) is 3. The van der Waals surface area contributed by atoms with Crippen molar-refractivity contribution < 1.29 is 9.18 Å². The summed E-state index contributed by atoms with van der Waals surface area (Å²) in [5.41, 5.74) is 0.827. The molecule has 0 radical (unpaired) electrons. The Morgan fingerprint density at radius 1 is 1.23 bits per heavy atom. The van der Waals surface area contributed by atoms with Crippen LogP contribution in [0.1, 0.15) is 5.56 Å². The predicted molar refractivity (Wildman–Crippen MR) is 112 cm³/mol. The third-order valence-electron chi connectivity index (χ3n) is 4.39. The molecule has 0 spiro atoms. The van der Waals surface area contributed by atoms with Gasteiger partial charge in [0.15, 0.2) is 0 Å². The van der Waals surface area contributed by atoms with Gasteiger partial charge in [-0.3, -0.25) is 19.6 Å². The first kappa shape index (κ1) is 19.6. The summed E-state index contributed by atoms with van der Waals surface area (Å²) in [5.74, 6) is -0.528. The molecule has 3 N–H and O–H groups in total. The number of H-pyrrole nitrogens is 1. The van der Waals surface area contributed by atoms with Crippen molar-refractivity contribution in [1.82, 2.24) is 19.5 Å². The summed E-state index contributed by atoms with van der Waals surface area (Å²) in [5, 5.41) is 6.25. The molecule has 30 heavy (non-hydrogen) atoms. The number of aromatic amines is 1. The third-order valence-corrected chi connectivity index (χ3v) is 4.69. The largest absolute Gasteiger partial charge is 0.351 e. The predicted octanol–water partition coefficient (Wildman–Crippen LogP) is 3.16. The number of nitrogens with zero attached hydrogens (tertiary/aromatic N) is 3. The van der Waals surface area contributed by atoms with Gasteiger partial charge in [-0.05, 0) is 18.2 Å². The van der Waals surface area contributed by atoms with Crippen molar-refractivity contribution in [3.05, 3.63) is 81.7 Å². The van der Waals surface area contributed by atoms with Crippen molar-refractivity contribution in [1.29, 1.82) is 0 Å². The Morgan fingerprint density at radius 3 is 2.87 bits per heavy atom. The molecule has 0 aliphatic heterocycles.